The Kier molecular flexibility index (Phi) is 6.51. The van der Waals surface area contributed by atoms with Gasteiger partial charge in [-0.3, -0.25) is 4.79 Å². The van der Waals surface area contributed by atoms with Gasteiger partial charge in [0.25, 0.3) is 0 Å². The van der Waals surface area contributed by atoms with E-state index >= 15 is 0 Å². The van der Waals surface area contributed by atoms with Crippen LogP contribution >= 0.6 is 12.2 Å². The Morgan fingerprint density at radius 3 is 2.38 bits per heavy atom. The number of amides is 1. The van der Waals surface area contributed by atoms with Gasteiger partial charge in [-0.2, -0.15) is 0 Å². The number of carbonyl (C=O) groups excluding carboxylic acids is 1. The minimum atomic E-state index is -3.05. The lowest BCUT2D eigenvalue weighted by atomic mass is 10.1. The second-order valence-electron chi connectivity index (χ2n) is 3.39. The van der Waals surface area contributed by atoms with Gasteiger partial charge in [0.05, 0.1) is 16.7 Å². The van der Waals surface area contributed by atoms with Crippen LogP contribution in [0.15, 0.2) is 0 Å². The van der Waals surface area contributed by atoms with Gasteiger partial charge < -0.3 is 11.1 Å². The molecule has 0 heterocycles. The van der Waals surface area contributed by atoms with Gasteiger partial charge in [0.1, 0.15) is 0 Å². The third kappa shape index (κ3) is 5.41. The van der Waals surface area contributed by atoms with Gasteiger partial charge in [-0.05, 0) is 6.42 Å². The predicted molar refractivity (Wildman–Crippen MR) is 67.9 cm³/mol. The topological polar surface area (TPSA) is 89.3 Å². The van der Waals surface area contributed by atoms with Crippen molar-refractivity contribution < 1.29 is 13.2 Å². The molecule has 0 radical (unpaired) electrons. The summed E-state index contributed by atoms with van der Waals surface area (Å²) in [4.78, 5) is 11.7. The van der Waals surface area contributed by atoms with E-state index in [9.17, 15) is 13.2 Å². The highest BCUT2D eigenvalue weighted by Crippen LogP contribution is 2.02. The fourth-order valence-electron chi connectivity index (χ4n) is 1.11. The van der Waals surface area contributed by atoms with Crippen molar-refractivity contribution in [2.75, 3.05) is 18.1 Å². The molecule has 0 spiro atoms. The van der Waals surface area contributed by atoms with Crippen LogP contribution in [-0.2, 0) is 14.6 Å². The number of rotatable bonds is 7. The molecule has 7 heteroatoms. The van der Waals surface area contributed by atoms with E-state index in [1.54, 1.807) is 13.8 Å². The standard InChI is InChI=1S/C9H18N2O3S2/c1-3-7(8(10)15)9(12)11-5-6-16(13,14)4-2/h7H,3-6H2,1-2H3,(H2,10,15)(H,11,12). The van der Waals surface area contributed by atoms with Crippen molar-refractivity contribution in [3.63, 3.8) is 0 Å². The predicted octanol–water partition coefficient (Wildman–Crippen LogP) is -0.150. The minimum absolute atomic E-state index is 0.0526. The van der Waals surface area contributed by atoms with Crippen LogP contribution in [0.2, 0.25) is 0 Å². The van der Waals surface area contributed by atoms with E-state index in [0.29, 0.717) is 6.42 Å². The number of nitrogens with one attached hydrogen (secondary N) is 1. The highest BCUT2D eigenvalue weighted by Gasteiger charge is 2.19. The van der Waals surface area contributed by atoms with Gasteiger partial charge in [-0.25, -0.2) is 8.42 Å². The molecule has 1 amide bonds. The monoisotopic (exact) mass is 266 g/mol. The van der Waals surface area contributed by atoms with Crippen molar-refractivity contribution >= 4 is 33.0 Å². The molecule has 1 unspecified atom stereocenters. The van der Waals surface area contributed by atoms with E-state index in [-0.39, 0.29) is 28.9 Å². The molecule has 0 aromatic carbocycles. The Morgan fingerprint density at radius 2 is 2.00 bits per heavy atom. The number of sulfone groups is 1. The van der Waals surface area contributed by atoms with Crippen molar-refractivity contribution in [1.29, 1.82) is 0 Å². The van der Waals surface area contributed by atoms with Crippen molar-refractivity contribution in [3.8, 4) is 0 Å². The van der Waals surface area contributed by atoms with Crippen LogP contribution in [0.3, 0.4) is 0 Å². The minimum Gasteiger partial charge on any atom is -0.393 e. The van der Waals surface area contributed by atoms with Crippen LogP contribution in [0.4, 0.5) is 0 Å². The summed E-state index contributed by atoms with van der Waals surface area (Å²) in [5.41, 5.74) is 5.38. The summed E-state index contributed by atoms with van der Waals surface area (Å²) in [6, 6.07) is 0. The van der Waals surface area contributed by atoms with Gasteiger partial charge in [-0.15, -0.1) is 0 Å². The normalized spacial score (nSPS) is 13.1. The molecular formula is C9H18N2O3S2. The molecule has 0 saturated heterocycles. The maximum atomic E-state index is 11.5. The van der Waals surface area contributed by atoms with Crippen molar-refractivity contribution in [2.24, 2.45) is 11.7 Å². The van der Waals surface area contributed by atoms with E-state index < -0.39 is 15.8 Å². The number of nitrogens with two attached hydrogens (primary N) is 1. The molecule has 3 N–H and O–H groups in total. The number of carbonyl (C=O) groups is 1. The van der Waals surface area contributed by atoms with Crippen molar-refractivity contribution in [1.82, 2.24) is 5.32 Å². The summed E-state index contributed by atoms with van der Waals surface area (Å²) in [7, 11) is -3.05. The highest BCUT2D eigenvalue weighted by molar-refractivity contribution is 7.91. The molecule has 16 heavy (non-hydrogen) atoms. The largest absolute Gasteiger partial charge is 0.393 e. The van der Waals surface area contributed by atoms with E-state index in [1.807, 2.05) is 0 Å². The molecule has 0 aromatic rings. The van der Waals surface area contributed by atoms with Crippen LogP contribution in [0.25, 0.3) is 0 Å². The highest BCUT2D eigenvalue weighted by atomic mass is 32.2. The van der Waals surface area contributed by atoms with Gasteiger partial charge in [0.15, 0.2) is 9.84 Å². The first-order valence-corrected chi connectivity index (χ1v) is 7.34. The maximum absolute atomic E-state index is 11.5. The fourth-order valence-corrected chi connectivity index (χ4v) is 2.09. The Morgan fingerprint density at radius 1 is 1.44 bits per heavy atom. The summed E-state index contributed by atoms with van der Waals surface area (Å²) in [6.07, 6.45) is 0.516. The third-order valence-corrected chi connectivity index (χ3v) is 4.21. The van der Waals surface area contributed by atoms with E-state index in [1.165, 1.54) is 0 Å². The van der Waals surface area contributed by atoms with Crippen LogP contribution in [0, 0.1) is 5.92 Å². The number of hydrogen-bond acceptors (Lipinski definition) is 4. The van der Waals surface area contributed by atoms with Crippen LogP contribution in [0.5, 0.6) is 0 Å². The molecule has 1 atom stereocenters. The SMILES string of the molecule is CCC(C(=O)NCCS(=O)(=O)CC)C(N)=S. The molecule has 0 saturated carbocycles. The summed E-state index contributed by atoms with van der Waals surface area (Å²) >= 11 is 4.74. The summed E-state index contributed by atoms with van der Waals surface area (Å²) in [5.74, 6) is -0.793. The first-order valence-electron chi connectivity index (χ1n) is 5.11. The zero-order valence-corrected chi connectivity index (χ0v) is 11.2. The lowest BCUT2D eigenvalue weighted by Crippen LogP contribution is -2.39. The third-order valence-electron chi connectivity index (χ3n) is 2.22. The quantitative estimate of drug-likeness (QED) is 0.626. The lowest BCUT2D eigenvalue weighted by molar-refractivity contribution is -0.122. The first-order chi connectivity index (χ1) is 7.34. The van der Waals surface area contributed by atoms with Gasteiger partial charge in [0, 0.05) is 12.3 Å². The molecule has 0 rings (SSSR count). The molecular weight excluding hydrogens is 248 g/mol. The maximum Gasteiger partial charge on any atom is 0.229 e. The molecule has 0 aromatic heterocycles. The molecule has 0 bridgehead atoms. The molecule has 0 fully saturated rings. The number of thiocarbonyl (C=S) groups is 1. The summed E-state index contributed by atoms with van der Waals surface area (Å²) in [5, 5.41) is 2.52. The van der Waals surface area contributed by atoms with Crippen molar-refractivity contribution in [3.05, 3.63) is 0 Å². The average Bonchev–Trinajstić information content (AvgIpc) is 2.18. The molecule has 0 aliphatic heterocycles. The molecule has 5 nitrogen and oxygen atoms in total. The smallest absolute Gasteiger partial charge is 0.229 e. The fraction of sp³-hybridized carbons (Fsp3) is 0.778. The Hall–Kier alpha value is -0.690. The van der Waals surface area contributed by atoms with Gasteiger partial charge in [-0.1, -0.05) is 26.1 Å². The van der Waals surface area contributed by atoms with Gasteiger partial charge >= 0.3 is 0 Å². The average molecular weight is 266 g/mol. The Balaban J connectivity index is 4.13. The zero-order chi connectivity index (χ0) is 12.8. The van der Waals surface area contributed by atoms with E-state index in [2.05, 4.69) is 5.32 Å². The van der Waals surface area contributed by atoms with E-state index in [4.69, 9.17) is 18.0 Å². The Bertz CT molecular complexity index is 352. The second-order valence-corrected chi connectivity index (χ2v) is 6.33. The summed E-state index contributed by atoms with van der Waals surface area (Å²) < 4.78 is 22.3. The molecule has 94 valence electrons. The second kappa shape index (κ2) is 6.80. The molecule has 0 aliphatic rings. The first kappa shape index (κ1) is 15.3. The lowest BCUT2D eigenvalue weighted by Gasteiger charge is -2.13. The van der Waals surface area contributed by atoms with Crippen molar-refractivity contribution in [2.45, 2.75) is 20.3 Å². The van der Waals surface area contributed by atoms with Crippen LogP contribution in [-0.4, -0.2) is 37.4 Å². The molecule has 0 aliphatic carbocycles. The van der Waals surface area contributed by atoms with Crippen LogP contribution < -0.4 is 11.1 Å². The summed E-state index contributed by atoms with van der Waals surface area (Å²) in [6.45, 7) is 3.47. The van der Waals surface area contributed by atoms with Crippen LogP contribution in [0.1, 0.15) is 20.3 Å². The Labute approximate surface area is 102 Å². The van der Waals surface area contributed by atoms with E-state index in [0.717, 1.165) is 0 Å². The van der Waals surface area contributed by atoms with Gasteiger partial charge in [0.2, 0.25) is 5.91 Å². The zero-order valence-electron chi connectivity index (χ0n) is 9.52. The number of hydrogen-bond donors (Lipinski definition) is 2.